The number of carbonyl (C=O) groups excluding carboxylic acids is 2. The largest absolute Gasteiger partial charge is 0.452 e. The molecule has 2 amide bonds. The van der Waals surface area contributed by atoms with Crippen LogP contribution in [0.5, 0.6) is 0 Å². The second-order valence-electron chi connectivity index (χ2n) is 11.8. The Morgan fingerprint density at radius 2 is 1.23 bits per heavy atom. The number of likely N-dealkylation sites (tertiary alicyclic amines) is 2. The first-order valence-electron chi connectivity index (χ1n) is 15.1. The molecule has 9 nitrogen and oxygen atoms in total. The van der Waals surface area contributed by atoms with E-state index >= 15 is 0 Å². The summed E-state index contributed by atoms with van der Waals surface area (Å²) in [6.45, 7) is 7.09. The molecule has 0 spiro atoms. The van der Waals surface area contributed by atoms with Crippen molar-refractivity contribution >= 4 is 34.5 Å². The van der Waals surface area contributed by atoms with Gasteiger partial charge in [0.2, 0.25) is 11.5 Å². The molecule has 2 aliphatic heterocycles. The van der Waals surface area contributed by atoms with Crippen molar-refractivity contribution in [2.75, 3.05) is 26.2 Å². The summed E-state index contributed by atoms with van der Waals surface area (Å²) in [5.41, 5.74) is 0.0817. The number of thiophene rings is 2. The summed E-state index contributed by atoms with van der Waals surface area (Å²) >= 11 is 2.23. The number of aromatic nitrogens is 2. The molecule has 0 bridgehead atoms. The van der Waals surface area contributed by atoms with E-state index in [0.717, 1.165) is 42.1 Å². The molecule has 2 fully saturated rings. The fraction of sp³-hybridized carbons (Fsp3) is 0.484. The fourth-order valence-corrected chi connectivity index (χ4v) is 7.60. The van der Waals surface area contributed by atoms with Gasteiger partial charge in [0.05, 0.1) is 25.6 Å². The number of hydrogen-bond acceptors (Lipinski definition) is 9. The van der Waals surface area contributed by atoms with Crippen LogP contribution in [-0.4, -0.2) is 69.3 Å². The predicted molar refractivity (Wildman–Crippen MR) is 165 cm³/mol. The number of halogens is 6. The Kier molecular flexibility index (Phi) is 10.4. The molecule has 1 atom stereocenters. The van der Waals surface area contributed by atoms with Crippen LogP contribution in [0.4, 0.5) is 26.3 Å². The molecule has 2 saturated heterocycles. The lowest BCUT2D eigenvalue weighted by Crippen LogP contribution is -2.39. The zero-order chi connectivity index (χ0) is 35.0. The third-order valence-corrected chi connectivity index (χ3v) is 10.3. The molecular formula is C31H32F6N4O5S2. The Balaban J connectivity index is 0.000000188. The van der Waals surface area contributed by atoms with Gasteiger partial charge in [0.25, 0.3) is 11.8 Å². The number of alkyl halides is 6. The summed E-state index contributed by atoms with van der Waals surface area (Å²) < 4.78 is 85.6. The van der Waals surface area contributed by atoms with Crippen LogP contribution in [0.25, 0.3) is 21.1 Å². The highest BCUT2D eigenvalue weighted by Gasteiger charge is 2.40. The Morgan fingerprint density at radius 3 is 1.65 bits per heavy atom. The van der Waals surface area contributed by atoms with Gasteiger partial charge >= 0.3 is 12.4 Å². The standard InChI is InChI=1S/C16H17F3N2O2S.C15H15F3N2O3S/c1-9-4-3-7-21(8-9)15(22)12-6-5-11(24-12)13-10(2)14(23-20-13)16(17,18)19;1-8-12(19-23-13(8)15(16,17)18)10-2-3-11(24-10)14(22)20-6-4-9(21)5-7-20/h5-6,9H,3-4,7-8H2,1-2H3;2-3,9,21H,4-7H2,1H3. The van der Waals surface area contributed by atoms with E-state index in [1.165, 1.54) is 13.8 Å². The molecule has 4 aromatic rings. The number of amides is 2. The molecule has 6 rings (SSSR count). The van der Waals surface area contributed by atoms with Gasteiger partial charge in [-0.3, -0.25) is 9.59 Å². The number of rotatable bonds is 4. The number of hydrogen-bond donors (Lipinski definition) is 1. The molecule has 0 aliphatic carbocycles. The van der Waals surface area contributed by atoms with Gasteiger partial charge in [-0.05, 0) is 69.7 Å². The van der Waals surface area contributed by atoms with Crippen LogP contribution in [0.3, 0.4) is 0 Å². The highest BCUT2D eigenvalue weighted by atomic mass is 32.1. The molecular weight excluding hydrogens is 686 g/mol. The van der Waals surface area contributed by atoms with Gasteiger partial charge in [0.1, 0.15) is 11.4 Å². The van der Waals surface area contributed by atoms with Gasteiger partial charge in [-0.15, -0.1) is 22.7 Å². The van der Waals surface area contributed by atoms with Crippen molar-refractivity contribution in [1.29, 1.82) is 0 Å². The highest BCUT2D eigenvalue weighted by Crippen LogP contribution is 2.40. The van der Waals surface area contributed by atoms with Crippen molar-refractivity contribution in [2.45, 2.75) is 64.9 Å². The van der Waals surface area contributed by atoms with Crippen molar-refractivity contribution < 1.29 is 50.1 Å². The molecule has 0 saturated carbocycles. The van der Waals surface area contributed by atoms with Crippen LogP contribution >= 0.6 is 22.7 Å². The highest BCUT2D eigenvalue weighted by molar-refractivity contribution is 7.17. The van der Waals surface area contributed by atoms with Crippen molar-refractivity contribution in [3.63, 3.8) is 0 Å². The number of aliphatic hydroxyl groups excluding tert-OH is 1. The maximum absolute atomic E-state index is 12.8. The molecule has 6 heterocycles. The number of piperidine rings is 2. The van der Waals surface area contributed by atoms with E-state index in [9.17, 15) is 41.0 Å². The van der Waals surface area contributed by atoms with E-state index in [4.69, 9.17) is 0 Å². The molecule has 0 radical (unpaired) electrons. The summed E-state index contributed by atoms with van der Waals surface area (Å²) in [5, 5.41) is 16.5. The monoisotopic (exact) mass is 718 g/mol. The normalized spacial score (nSPS) is 17.8. The smallest absolute Gasteiger partial charge is 0.393 e. The van der Waals surface area contributed by atoms with E-state index in [1.807, 2.05) is 0 Å². The van der Waals surface area contributed by atoms with E-state index in [1.54, 1.807) is 34.1 Å². The number of nitrogens with zero attached hydrogens (tertiary/aromatic N) is 4. The molecule has 48 heavy (non-hydrogen) atoms. The summed E-state index contributed by atoms with van der Waals surface area (Å²) in [6.07, 6.45) is -6.41. The molecule has 4 aromatic heterocycles. The van der Waals surface area contributed by atoms with Gasteiger partial charge in [-0.2, -0.15) is 26.3 Å². The molecule has 17 heteroatoms. The summed E-state index contributed by atoms with van der Waals surface area (Å²) in [7, 11) is 0. The predicted octanol–water partition coefficient (Wildman–Crippen LogP) is 7.93. The van der Waals surface area contributed by atoms with Gasteiger partial charge in [-0.1, -0.05) is 17.2 Å². The van der Waals surface area contributed by atoms with Crippen LogP contribution in [0.1, 0.15) is 74.6 Å². The van der Waals surface area contributed by atoms with Crippen LogP contribution in [0.15, 0.2) is 33.3 Å². The van der Waals surface area contributed by atoms with Crippen molar-refractivity contribution in [3.05, 3.63) is 56.7 Å². The van der Waals surface area contributed by atoms with Gasteiger partial charge in [-0.25, -0.2) is 0 Å². The van der Waals surface area contributed by atoms with Crippen LogP contribution in [-0.2, 0) is 12.4 Å². The van der Waals surface area contributed by atoms with Crippen molar-refractivity contribution in [2.24, 2.45) is 5.92 Å². The molecule has 2 aliphatic rings. The van der Waals surface area contributed by atoms with Crippen LogP contribution in [0.2, 0.25) is 0 Å². The third-order valence-electron chi connectivity index (χ3n) is 8.16. The SMILES string of the molecule is Cc1c(-c2ccc(C(=O)N3CCC(O)CC3)s2)noc1C(F)(F)F.Cc1c(-c2ccc(C(=O)N3CCCC(C)C3)s2)noc1C(F)(F)F. The van der Waals surface area contributed by atoms with E-state index in [0.29, 0.717) is 57.9 Å². The lowest BCUT2D eigenvalue weighted by atomic mass is 10.0. The summed E-state index contributed by atoms with van der Waals surface area (Å²) in [6, 6.07) is 6.41. The Morgan fingerprint density at radius 1 is 0.771 bits per heavy atom. The maximum Gasteiger partial charge on any atom is 0.452 e. The second-order valence-corrected chi connectivity index (χ2v) is 14.0. The molecule has 1 unspecified atom stereocenters. The topological polar surface area (TPSA) is 113 Å². The Hall–Kier alpha value is -3.70. The summed E-state index contributed by atoms with van der Waals surface area (Å²) in [4.78, 5) is 30.3. The Labute approximate surface area is 279 Å². The lowest BCUT2D eigenvalue weighted by Gasteiger charge is -2.30. The first-order valence-corrected chi connectivity index (χ1v) is 16.7. The zero-order valence-electron chi connectivity index (χ0n) is 26.1. The first kappa shape index (κ1) is 35.6. The van der Waals surface area contributed by atoms with Crippen LogP contribution < -0.4 is 0 Å². The average Bonchev–Trinajstić information content (AvgIpc) is 3.83. The minimum absolute atomic E-state index is 0.0602. The van der Waals surface area contributed by atoms with Gasteiger partial charge in [0.15, 0.2) is 0 Å². The third kappa shape index (κ3) is 7.78. The molecule has 0 aromatic carbocycles. The van der Waals surface area contributed by atoms with Crippen molar-refractivity contribution in [3.8, 4) is 21.1 Å². The zero-order valence-corrected chi connectivity index (χ0v) is 27.7. The fourth-order valence-electron chi connectivity index (χ4n) is 5.57. The van der Waals surface area contributed by atoms with E-state index < -0.39 is 23.9 Å². The number of carbonyl (C=O) groups is 2. The Bertz CT molecular complexity index is 1750. The van der Waals surface area contributed by atoms with E-state index in [-0.39, 0.29) is 40.4 Å². The van der Waals surface area contributed by atoms with E-state index in [2.05, 4.69) is 26.3 Å². The van der Waals surface area contributed by atoms with Gasteiger partial charge in [0, 0.05) is 37.3 Å². The van der Waals surface area contributed by atoms with Crippen LogP contribution in [0, 0.1) is 19.8 Å². The minimum atomic E-state index is -4.60. The average molecular weight is 719 g/mol. The molecule has 1 N–H and O–H groups in total. The van der Waals surface area contributed by atoms with Crippen molar-refractivity contribution in [1.82, 2.24) is 20.1 Å². The number of aliphatic hydroxyl groups is 1. The quantitative estimate of drug-likeness (QED) is 0.213. The first-order chi connectivity index (χ1) is 22.5. The molecule has 260 valence electrons. The maximum atomic E-state index is 12.8. The van der Waals surface area contributed by atoms with Gasteiger partial charge < -0.3 is 24.0 Å². The lowest BCUT2D eigenvalue weighted by molar-refractivity contribution is -0.156. The summed E-state index contributed by atoms with van der Waals surface area (Å²) in [5.74, 6) is -2.01. The minimum Gasteiger partial charge on any atom is -0.393 e. The second kappa shape index (κ2) is 14.0.